The maximum atomic E-state index is 12.5. The van der Waals surface area contributed by atoms with Gasteiger partial charge in [0.05, 0.1) is 5.69 Å². The Morgan fingerprint density at radius 2 is 1.96 bits per heavy atom. The van der Waals surface area contributed by atoms with Crippen LogP contribution in [0, 0.1) is 0 Å². The molecule has 0 saturated carbocycles. The monoisotopic (exact) mass is 399 g/mol. The van der Waals surface area contributed by atoms with Crippen LogP contribution in [-0.4, -0.2) is 32.7 Å². The molecule has 1 amide bonds. The summed E-state index contributed by atoms with van der Waals surface area (Å²) in [6.07, 6.45) is 1.49. The van der Waals surface area contributed by atoms with Gasteiger partial charge in [0.15, 0.2) is 0 Å². The zero-order valence-electron chi connectivity index (χ0n) is 14.0. The fourth-order valence-electron chi connectivity index (χ4n) is 2.48. The molecule has 0 atom stereocenters. The lowest BCUT2D eigenvalue weighted by molar-refractivity contribution is 0.0945. The number of carbonyl (C=O) groups excluding carboxylic acids is 1. The van der Waals surface area contributed by atoms with E-state index in [1.165, 1.54) is 16.6 Å². The molecule has 6 nitrogen and oxygen atoms in total. The first-order chi connectivity index (χ1) is 12.0. The Kier molecular flexibility index (Phi) is 4.94. The number of hydrogen-bond acceptors (Lipinski definition) is 4. The van der Waals surface area contributed by atoms with Gasteiger partial charge in [0.1, 0.15) is 6.33 Å². The van der Waals surface area contributed by atoms with Crippen molar-refractivity contribution in [2.75, 3.05) is 6.54 Å². The van der Waals surface area contributed by atoms with E-state index in [4.69, 9.17) is 0 Å². The summed E-state index contributed by atoms with van der Waals surface area (Å²) in [7, 11) is 0. The Bertz CT molecular complexity index is 859. The second kappa shape index (κ2) is 7.14. The van der Waals surface area contributed by atoms with Gasteiger partial charge in [-0.2, -0.15) is 0 Å². The van der Waals surface area contributed by atoms with Crippen LogP contribution in [0.2, 0.25) is 0 Å². The molecule has 25 heavy (non-hydrogen) atoms. The molecular formula is C18H18BrN5O. The number of amides is 1. The molecule has 0 radical (unpaired) electrons. The van der Waals surface area contributed by atoms with E-state index in [2.05, 4.69) is 62.8 Å². The average Bonchev–Trinajstić information content (AvgIpc) is 3.15. The second-order valence-corrected chi connectivity index (χ2v) is 7.29. The lowest BCUT2D eigenvalue weighted by atomic mass is 9.84. The number of carbonyl (C=O) groups is 1. The summed E-state index contributed by atoms with van der Waals surface area (Å²) < 4.78 is 2.55. The molecule has 0 saturated heterocycles. The van der Waals surface area contributed by atoms with Gasteiger partial charge in [0.25, 0.3) is 5.91 Å². The highest BCUT2D eigenvalue weighted by molar-refractivity contribution is 9.10. The standard InChI is InChI=1S/C18H18BrN5O/c1-18(2,14-6-8-15(19)9-7-14)11-20-17(25)13-4-3-5-16(10-13)24-12-21-22-23-24/h3-10,12H,11H2,1-2H3,(H,20,25). The van der Waals surface area contributed by atoms with E-state index < -0.39 is 0 Å². The predicted octanol–water partition coefficient (Wildman–Crippen LogP) is 3.13. The molecule has 0 aliphatic heterocycles. The fraction of sp³-hybridized carbons (Fsp3) is 0.222. The summed E-state index contributed by atoms with van der Waals surface area (Å²) >= 11 is 3.44. The number of halogens is 1. The van der Waals surface area contributed by atoms with E-state index in [9.17, 15) is 4.79 Å². The molecule has 3 aromatic rings. The van der Waals surface area contributed by atoms with E-state index in [1.807, 2.05) is 24.3 Å². The van der Waals surface area contributed by atoms with Crippen LogP contribution < -0.4 is 5.32 Å². The minimum absolute atomic E-state index is 0.125. The van der Waals surface area contributed by atoms with E-state index >= 15 is 0 Å². The summed E-state index contributed by atoms with van der Waals surface area (Å²) in [5.74, 6) is -0.125. The Hall–Kier alpha value is -2.54. The van der Waals surface area contributed by atoms with Gasteiger partial charge in [-0.15, -0.1) is 5.10 Å². The molecule has 0 spiro atoms. The molecule has 1 heterocycles. The molecule has 3 rings (SSSR count). The fourth-order valence-corrected chi connectivity index (χ4v) is 2.74. The smallest absolute Gasteiger partial charge is 0.251 e. The average molecular weight is 400 g/mol. The molecule has 1 N–H and O–H groups in total. The van der Waals surface area contributed by atoms with Gasteiger partial charge in [-0.05, 0) is 46.3 Å². The first kappa shape index (κ1) is 17.3. The van der Waals surface area contributed by atoms with E-state index in [-0.39, 0.29) is 11.3 Å². The van der Waals surface area contributed by atoms with Gasteiger partial charge >= 0.3 is 0 Å². The van der Waals surface area contributed by atoms with Crippen molar-refractivity contribution in [3.8, 4) is 5.69 Å². The summed E-state index contributed by atoms with van der Waals surface area (Å²) in [4.78, 5) is 12.5. The first-order valence-corrected chi connectivity index (χ1v) is 8.63. The molecule has 0 bridgehead atoms. The molecule has 7 heteroatoms. The Morgan fingerprint density at radius 3 is 2.64 bits per heavy atom. The van der Waals surface area contributed by atoms with Gasteiger partial charge in [0.2, 0.25) is 0 Å². The quantitative estimate of drug-likeness (QED) is 0.714. The molecule has 128 valence electrons. The highest BCUT2D eigenvalue weighted by Gasteiger charge is 2.21. The van der Waals surface area contributed by atoms with Crippen LogP contribution in [0.3, 0.4) is 0 Å². The van der Waals surface area contributed by atoms with Crippen molar-refractivity contribution in [3.05, 3.63) is 70.5 Å². The van der Waals surface area contributed by atoms with Crippen molar-refractivity contribution in [2.24, 2.45) is 0 Å². The van der Waals surface area contributed by atoms with E-state index in [0.717, 1.165) is 10.2 Å². The van der Waals surface area contributed by atoms with Gasteiger partial charge in [-0.1, -0.05) is 48.0 Å². The van der Waals surface area contributed by atoms with Gasteiger partial charge in [0, 0.05) is 22.0 Å². The SMILES string of the molecule is CC(C)(CNC(=O)c1cccc(-n2cnnn2)c1)c1ccc(Br)cc1. The van der Waals surface area contributed by atoms with Crippen molar-refractivity contribution in [3.63, 3.8) is 0 Å². The highest BCUT2D eigenvalue weighted by atomic mass is 79.9. The van der Waals surface area contributed by atoms with Crippen LogP contribution in [-0.2, 0) is 5.41 Å². The normalized spacial score (nSPS) is 11.3. The van der Waals surface area contributed by atoms with Crippen molar-refractivity contribution in [1.29, 1.82) is 0 Å². The topological polar surface area (TPSA) is 72.7 Å². The van der Waals surface area contributed by atoms with Crippen molar-refractivity contribution >= 4 is 21.8 Å². The summed E-state index contributed by atoms with van der Waals surface area (Å²) in [6, 6.07) is 15.3. The molecule has 1 aromatic heterocycles. The molecular weight excluding hydrogens is 382 g/mol. The molecule has 0 unspecified atom stereocenters. The first-order valence-electron chi connectivity index (χ1n) is 7.83. The van der Waals surface area contributed by atoms with Crippen LogP contribution >= 0.6 is 15.9 Å². The lowest BCUT2D eigenvalue weighted by Crippen LogP contribution is -2.36. The number of tetrazole rings is 1. The molecule has 0 aliphatic rings. The minimum Gasteiger partial charge on any atom is -0.351 e. The second-order valence-electron chi connectivity index (χ2n) is 6.38. The third-order valence-electron chi connectivity index (χ3n) is 4.04. The third-order valence-corrected chi connectivity index (χ3v) is 4.57. The van der Waals surface area contributed by atoms with Crippen LogP contribution in [0.4, 0.5) is 0 Å². The van der Waals surface area contributed by atoms with Gasteiger partial charge in [-0.25, -0.2) is 4.68 Å². The Morgan fingerprint density at radius 1 is 1.20 bits per heavy atom. The summed E-state index contributed by atoms with van der Waals surface area (Å²) in [5, 5.41) is 14.1. The largest absolute Gasteiger partial charge is 0.351 e. The zero-order chi connectivity index (χ0) is 17.9. The van der Waals surface area contributed by atoms with Gasteiger partial charge < -0.3 is 5.32 Å². The predicted molar refractivity (Wildman–Crippen MR) is 98.7 cm³/mol. The number of hydrogen-bond donors (Lipinski definition) is 1. The van der Waals surface area contributed by atoms with Crippen molar-refractivity contribution < 1.29 is 4.79 Å². The number of rotatable bonds is 5. The Labute approximate surface area is 154 Å². The lowest BCUT2D eigenvalue weighted by Gasteiger charge is -2.25. The maximum Gasteiger partial charge on any atom is 0.251 e. The van der Waals surface area contributed by atoms with E-state index in [0.29, 0.717) is 12.1 Å². The Balaban J connectivity index is 1.70. The van der Waals surface area contributed by atoms with E-state index in [1.54, 1.807) is 12.1 Å². The van der Waals surface area contributed by atoms with Crippen molar-refractivity contribution in [1.82, 2.24) is 25.5 Å². The van der Waals surface area contributed by atoms with Crippen LogP contribution in [0.15, 0.2) is 59.3 Å². The van der Waals surface area contributed by atoms with Crippen LogP contribution in [0.1, 0.15) is 29.8 Å². The molecule has 2 aromatic carbocycles. The number of benzene rings is 2. The molecule has 0 fully saturated rings. The maximum absolute atomic E-state index is 12.5. The van der Waals surface area contributed by atoms with Crippen LogP contribution in [0.25, 0.3) is 5.69 Å². The third kappa shape index (κ3) is 4.11. The summed E-state index contributed by atoms with van der Waals surface area (Å²) in [5.41, 5.74) is 2.30. The number of aromatic nitrogens is 4. The number of nitrogens with zero attached hydrogens (tertiary/aromatic N) is 4. The number of nitrogens with one attached hydrogen (secondary N) is 1. The summed E-state index contributed by atoms with van der Waals surface area (Å²) in [6.45, 7) is 4.74. The van der Waals surface area contributed by atoms with Crippen molar-refractivity contribution in [2.45, 2.75) is 19.3 Å². The highest BCUT2D eigenvalue weighted by Crippen LogP contribution is 2.24. The molecule has 0 aliphatic carbocycles. The van der Waals surface area contributed by atoms with Gasteiger partial charge in [-0.3, -0.25) is 4.79 Å². The zero-order valence-corrected chi connectivity index (χ0v) is 15.6. The van der Waals surface area contributed by atoms with Crippen LogP contribution in [0.5, 0.6) is 0 Å². The minimum atomic E-state index is -0.177.